The molecule has 0 fully saturated rings. The number of hydrogen-bond donors (Lipinski definition) is 1. The highest BCUT2D eigenvalue weighted by molar-refractivity contribution is 7.16. The molecular formula is C19H21N3O3S. The fraction of sp³-hybridized carbons (Fsp3) is 0.421. The Bertz CT molecular complexity index is 833. The Balaban J connectivity index is 1.68. The molecule has 0 bridgehead atoms. The van der Waals surface area contributed by atoms with Crippen molar-refractivity contribution < 1.29 is 14.0 Å². The van der Waals surface area contributed by atoms with Gasteiger partial charge in [-0.05, 0) is 30.5 Å². The second-order valence-electron chi connectivity index (χ2n) is 6.26. The van der Waals surface area contributed by atoms with E-state index in [4.69, 9.17) is 4.42 Å². The molecule has 7 heteroatoms. The van der Waals surface area contributed by atoms with Crippen molar-refractivity contribution in [1.29, 1.82) is 5.26 Å². The first-order valence-electron chi connectivity index (χ1n) is 8.77. The standard InChI is InChI=1S/C19H21N3O3S/c1-2-4-18(24)22-9-8-14-15(11-20)19(26-16(14)12-22)21-17(23)7-6-13-5-3-10-25-13/h3,5,10H,2,4,6-9,12H2,1H3,(H,21,23). The molecule has 1 aliphatic rings. The summed E-state index contributed by atoms with van der Waals surface area (Å²) in [6, 6.07) is 5.85. The molecule has 1 aliphatic heterocycles. The lowest BCUT2D eigenvalue weighted by Crippen LogP contribution is -2.35. The van der Waals surface area contributed by atoms with Gasteiger partial charge in [-0.3, -0.25) is 9.59 Å². The molecular weight excluding hydrogens is 350 g/mol. The minimum atomic E-state index is -0.143. The third kappa shape index (κ3) is 3.97. The first-order valence-corrected chi connectivity index (χ1v) is 9.58. The number of nitrogens with one attached hydrogen (secondary N) is 1. The lowest BCUT2D eigenvalue weighted by Gasteiger charge is -2.26. The first kappa shape index (κ1) is 18.2. The van der Waals surface area contributed by atoms with Gasteiger partial charge in [-0.1, -0.05) is 6.92 Å². The molecule has 0 radical (unpaired) electrons. The number of anilines is 1. The molecule has 136 valence electrons. The summed E-state index contributed by atoms with van der Waals surface area (Å²) in [5.41, 5.74) is 1.51. The van der Waals surface area contributed by atoms with E-state index in [9.17, 15) is 14.9 Å². The van der Waals surface area contributed by atoms with Crippen LogP contribution < -0.4 is 5.32 Å². The van der Waals surface area contributed by atoms with Crippen molar-refractivity contribution in [2.45, 2.75) is 45.6 Å². The van der Waals surface area contributed by atoms with Gasteiger partial charge >= 0.3 is 0 Å². The van der Waals surface area contributed by atoms with Crippen LogP contribution >= 0.6 is 11.3 Å². The summed E-state index contributed by atoms with van der Waals surface area (Å²) in [6.45, 7) is 3.14. The molecule has 26 heavy (non-hydrogen) atoms. The lowest BCUT2D eigenvalue weighted by molar-refractivity contribution is -0.132. The summed E-state index contributed by atoms with van der Waals surface area (Å²) in [6.07, 6.45) is 4.43. The number of carbonyl (C=O) groups is 2. The molecule has 1 N–H and O–H groups in total. The molecule has 0 atom stereocenters. The smallest absolute Gasteiger partial charge is 0.225 e. The van der Waals surface area contributed by atoms with E-state index in [1.54, 1.807) is 12.3 Å². The summed E-state index contributed by atoms with van der Waals surface area (Å²) >= 11 is 1.41. The van der Waals surface area contributed by atoms with Gasteiger partial charge in [-0.2, -0.15) is 5.26 Å². The van der Waals surface area contributed by atoms with E-state index in [1.807, 2.05) is 17.9 Å². The minimum absolute atomic E-state index is 0.143. The summed E-state index contributed by atoms with van der Waals surface area (Å²) in [7, 11) is 0. The SMILES string of the molecule is CCCC(=O)N1CCc2c(sc(NC(=O)CCc3ccco3)c2C#N)C1. The summed E-state index contributed by atoms with van der Waals surface area (Å²) in [4.78, 5) is 27.2. The van der Waals surface area contributed by atoms with Gasteiger partial charge in [0.2, 0.25) is 11.8 Å². The molecule has 2 aromatic rings. The Hall–Kier alpha value is -2.59. The third-order valence-electron chi connectivity index (χ3n) is 4.42. The second-order valence-corrected chi connectivity index (χ2v) is 7.37. The van der Waals surface area contributed by atoms with Crippen molar-refractivity contribution in [3.05, 3.63) is 40.2 Å². The summed E-state index contributed by atoms with van der Waals surface area (Å²) in [5.74, 6) is 0.765. The van der Waals surface area contributed by atoms with Crippen LogP contribution in [0.25, 0.3) is 0 Å². The molecule has 0 aliphatic carbocycles. The van der Waals surface area contributed by atoms with Gasteiger partial charge in [0.1, 0.15) is 16.8 Å². The maximum atomic E-state index is 12.2. The van der Waals surface area contributed by atoms with Crippen LogP contribution in [0.15, 0.2) is 22.8 Å². The van der Waals surface area contributed by atoms with Gasteiger partial charge in [0.15, 0.2) is 0 Å². The van der Waals surface area contributed by atoms with Crippen LogP contribution in [0.3, 0.4) is 0 Å². The normalized spacial score (nSPS) is 13.2. The molecule has 0 spiro atoms. The fourth-order valence-electron chi connectivity index (χ4n) is 3.08. The zero-order valence-corrected chi connectivity index (χ0v) is 15.5. The zero-order chi connectivity index (χ0) is 18.5. The molecule has 0 unspecified atom stereocenters. The Kier molecular flexibility index (Phi) is 5.74. The number of furan rings is 1. The highest BCUT2D eigenvalue weighted by atomic mass is 32.1. The van der Waals surface area contributed by atoms with E-state index in [1.165, 1.54) is 11.3 Å². The number of amides is 2. The number of nitriles is 1. The summed E-state index contributed by atoms with van der Waals surface area (Å²) in [5, 5.41) is 13.0. The monoisotopic (exact) mass is 371 g/mol. The van der Waals surface area contributed by atoms with Crippen molar-refractivity contribution in [2.75, 3.05) is 11.9 Å². The van der Waals surface area contributed by atoms with Crippen LogP contribution in [0.4, 0.5) is 5.00 Å². The van der Waals surface area contributed by atoms with Crippen molar-refractivity contribution in [2.24, 2.45) is 0 Å². The van der Waals surface area contributed by atoms with Gasteiger partial charge in [0.05, 0.1) is 18.4 Å². The van der Waals surface area contributed by atoms with Gasteiger partial charge in [0.25, 0.3) is 0 Å². The van der Waals surface area contributed by atoms with E-state index in [-0.39, 0.29) is 11.8 Å². The van der Waals surface area contributed by atoms with Gasteiger partial charge in [0, 0.05) is 30.7 Å². The predicted octanol–water partition coefficient (Wildman–Crippen LogP) is 3.47. The van der Waals surface area contributed by atoms with Crippen LogP contribution in [0.2, 0.25) is 0 Å². The predicted molar refractivity (Wildman–Crippen MR) is 98.7 cm³/mol. The van der Waals surface area contributed by atoms with Crippen molar-refractivity contribution in [1.82, 2.24) is 4.90 Å². The quantitative estimate of drug-likeness (QED) is 0.842. The summed E-state index contributed by atoms with van der Waals surface area (Å²) < 4.78 is 5.23. The molecule has 0 aromatic carbocycles. The number of nitrogens with zero attached hydrogens (tertiary/aromatic N) is 2. The van der Waals surface area contributed by atoms with Crippen molar-refractivity contribution in [3.8, 4) is 6.07 Å². The highest BCUT2D eigenvalue weighted by Crippen LogP contribution is 2.36. The van der Waals surface area contributed by atoms with Crippen molar-refractivity contribution >= 4 is 28.2 Å². The highest BCUT2D eigenvalue weighted by Gasteiger charge is 2.27. The average Bonchev–Trinajstić information content (AvgIpc) is 3.26. The van der Waals surface area contributed by atoms with Gasteiger partial charge < -0.3 is 14.6 Å². The molecule has 3 rings (SSSR count). The number of hydrogen-bond acceptors (Lipinski definition) is 5. The number of fused-ring (bicyclic) bond motifs is 1. The number of aryl methyl sites for hydroxylation is 1. The first-order chi connectivity index (χ1) is 12.6. The molecule has 3 heterocycles. The van der Waals surface area contributed by atoms with E-state index in [0.29, 0.717) is 49.3 Å². The molecule has 0 saturated heterocycles. The third-order valence-corrected chi connectivity index (χ3v) is 5.55. The molecule has 6 nitrogen and oxygen atoms in total. The minimum Gasteiger partial charge on any atom is -0.469 e. The van der Waals surface area contributed by atoms with Crippen LogP contribution in [0.1, 0.15) is 48.0 Å². The Labute approximate surface area is 156 Å². The average molecular weight is 371 g/mol. The van der Waals surface area contributed by atoms with E-state index >= 15 is 0 Å². The molecule has 2 aromatic heterocycles. The van der Waals surface area contributed by atoms with E-state index in [0.717, 1.165) is 22.6 Å². The van der Waals surface area contributed by atoms with Crippen LogP contribution in [0, 0.1) is 11.3 Å². The topological polar surface area (TPSA) is 86.3 Å². The maximum absolute atomic E-state index is 12.2. The van der Waals surface area contributed by atoms with Gasteiger partial charge in [-0.25, -0.2) is 0 Å². The Morgan fingerprint density at radius 3 is 2.96 bits per heavy atom. The molecule has 0 saturated carbocycles. The van der Waals surface area contributed by atoms with E-state index in [2.05, 4.69) is 11.4 Å². The largest absolute Gasteiger partial charge is 0.469 e. The Morgan fingerprint density at radius 1 is 1.42 bits per heavy atom. The second kappa shape index (κ2) is 8.19. The maximum Gasteiger partial charge on any atom is 0.225 e. The molecule has 2 amide bonds. The Morgan fingerprint density at radius 2 is 2.27 bits per heavy atom. The van der Waals surface area contributed by atoms with Gasteiger partial charge in [-0.15, -0.1) is 11.3 Å². The van der Waals surface area contributed by atoms with E-state index < -0.39 is 0 Å². The fourth-order valence-corrected chi connectivity index (χ4v) is 4.31. The van der Waals surface area contributed by atoms with Crippen LogP contribution in [-0.2, 0) is 29.0 Å². The van der Waals surface area contributed by atoms with Crippen molar-refractivity contribution in [3.63, 3.8) is 0 Å². The number of carbonyl (C=O) groups excluding carboxylic acids is 2. The zero-order valence-electron chi connectivity index (χ0n) is 14.7. The lowest BCUT2D eigenvalue weighted by atomic mass is 10.0. The number of thiophene rings is 1. The van der Waals surface area contributed by atoms with Crippen LogP contribution in [-0.4, -0.2) is 23.3 Å². The van der Waals surface area contributed by atoms with Crippen LogP contribution in [0.5, 0.6) is 0 Å². The number of rotatable bonds is 6.